The predicted molar refractivity (Wildman–Crippen MR) is 133 cm³/mol. The predicted octanol–water partition coefficient (Wildman–Crippen LogP) is 4.33. The molecule has 0 saturated carbocycles. The molecule has 35 heavy (non-hydrogen) atoms. The quantitative estimate of drug-likeness (QED) is 0.437. The van der Waals surface area contributed by atoms with E-state index in [4.69, 9.17) is 26.3 Å². The van der Waals surface area contributed by atoms with Crippen molar-refractivity contribution in [3.8, 4) is 11.8 Å². The number of halogens is 1. The number of benzene rings is 2. The van der Waals surface area contributed by atoms with Crippen molar-refractivity contribution in [3.05, 3.63) is 94.3 Å². The molecule has 1 saturated heterocycles. The lowest BCUT2D eigenvalue weighted by atomic mass is 10.1. The van der Waals surface area contributed by atoms with Gasteiger partial charge < -0.3 is 14.4 Å². The second-order valence-electron chi connectivity index (χ2n) is 8.35. The van der Waals surface area contributed by atoms with Gasteiger partial charge in [0, 0.05) is 38.9 Å². The Hall–Kier alpha value is -3.44. The van der Waals surface area contributed by atoms with E-state index in [2.05, 4.69) is 16.0 Å². The van der Waals surface area contributed by atoms with Crippen LogP contribution in [0, 0.1) is 11.3 Å². The van der Waals surface area contributed by atoms with Gasteiger partial charge in [-0.3, -0.25) is 9.69 Å². The number of pyridine rings is 1. The van der Waals surface area contributed by atoms with Crippen molar-refractivity contribution in [2.24, 2.45) is 0 Å². The zero-order valence-electron chi connectivity index (χ0n) is 19.6. The fourth-order valence-corrected chi connectivity index (χ4v) is 4.13. The number of rotatable bonds is 8. The van der Waals surface area contributed by atoms with E-state index in [-0.39, 0.29) is 12.0 Å². The second kappa shape index (κ2) is 11.8. The van der Waals surface area contributed by atoms with Gasteiger partial charge in [-0.1, -0.05) is 35.9 Å². The lowest BCUT2D eigenvalue weighted by Gasteiger charge is -2.36. The third-order valence-corrected chi connectivity index (χ3v) is 6.28. The Bertz CT molecular complexity index is 1170. The maximum absolute atomic E-state index is 12.8. The van der Waals surface area contributed by atoms with E-state index in [0.29, 0.717) is 42.5 Å². The summed E-state index contributed by atoms with van der Waals surface area (Å²) in [5.74, 6) is 0.747. The van der Waals surface area contributed by atoms with E-state index in [9.17, 15) is 4.79 Å². The molecule has 1 aliphatic rings. The fraction of sp³-hybridized carbons (Fsp3) is 0.296. The Morgan fingerprint density at radius 1 is 1.11 bits per heavy atom. The van der Waals surface area contributed by atoms with Crippen molar-refractivity contribution in [1.82, 2.24) is 14.8 Å². The molecule has 180 valence electrons. The molecule has 1 atom stereocenters. The monoisotopic (exact) mass is 490 g/mol. The molecule has 0 bridgehead atoms. The molecule has 0 unspecified atom stereocenters. The summed E-state index contributed by atoms with van der Waals surface area (Å²) in [6.07, 6.45) is 1.34. The van der Waals surface area contributed by atoms with Gasteiger partial charge in [0.05, 0.1) is 37.0 Å². The number of amides is 1. The molecule has 1 amide bonds. The van der Waals surface area contributed by atoms with Crippen LogP contribution in [0.3, 0.4) is 0 Å². The van der Waals surface area contributed by atoms with Crippen molar-refractivity contribution >= 4 is 17.5 Å². The molecule has 0 spiro atoms. The Kier molecular flexibility index (Phi) is 8.32. The summed E-state index contributed by atoms with van der Waals surface area (Å²) in [6.45, 7) is 3.86. The standard InChI is InChI=1S/C27H27ClN4O3/c1-34-24-4-2-3-22(15-24)25(35-19-21-7-5-20(16-29)6-8-21)18-31-11-13-32(14-12-31)27(33)23-9-10-26(28)30-17-23/h2-10,15,17,25H,11-14,18-19H2,1H3/t25-/m0/s1. The van der Waals surface area contributed by atoms with Crippen molar-refractivity contribution in [3.63, 3.8) is 0 Å². The zero-order valence-corrected chi connectivity index (χ0v) is 20.3. The van der Waals surface area contributed by atoms with Gasteiger partial charge in [0.25, 0.3) is 5.91 Å². The van der Waals surface area contributed by atoms with E-state index in [1.807, 2.05) is 41.3 Å². The summed E-state index contributed by atoms with van der Waals surface area (Å²) in [5, 5.41) is 9.40. The lowest BCUT2D eigenvalue weighted by Crippen LogP contribution is -2.49. The van der Waals surface area contributed by atoms with Gasteiger partial charge in [-0.2, -0.15) is 5.26 Å². The summed E-state index contributed by atoms with van der Waals surface area (Å²) >= 11 is 5.84. The molecule has 2 heterocycles. The number of ether oxygens (including phenoxy) is 2. The molecule has 0 radical (unpaired) electrons. The maximum Gasteiger partial charge on any atom is 0.255 e. The summed E-state index contributed by atoms with van der Waals surface area (Å²) in [5.41, 5.74) is 3.20. The number of piperazine rings is 1. The zero-order chi connectivity index (χ0) is 24.6. The van der Waals surface area contributed by atoms with Gasteiger partial charge in [0.15, 0.2) is 0 Å². The van der Waals surface area contributed by atoms with Gasteiger partial charge in [0.2, 0.25) is 0 Å². The first-order valence-corrected chi connectivity index (χ1v) is 11.8. The number of aromatic nitrogens is 1. The number of nitrogens with zero attached hydrogens (tertiary/aromatic N) is 4. The van der Waals surface area contributed by atoms with Gasteiger partial charge in [0.1, 0.15) is 10.9 Å². The number of carbonyl (C=O) groups excluding carboxylic acids is 1. The fourth-order valence-electron chi connectivity index (χ4n) is 4.02. The third-order valence-electron chi connectivity index (χ3n) is 6.06. The number of methoxy groups -OCH3 is 1. The number of hydrogen-bond donors (Lipinski definition) is 0. The smallest absolute Gasteiger partial charge is 0.255 e. The molecule has 2 aromatic carbocycles. The van der Waals surface area contributed by atoms with E-state index in [0.717, 1.165) is 30.0 Å². The molecular formula is C27H27ClN4O3. The highest BCUT2D eigenvalue weighted by molar-refractivity contribution is 6.29. The maximum atomic E-state index is 12.8. The summed E-state index contributed by atoms with van der Waals surface area (Å²) in [6, 6.07) is 20.8. The van der Waals surface area contributed by atoms with Crippen molar-refractivity contribution in [2.45, 2.75) is 12.7 Å². The Balaban J connectivity index is 1.40. The summed E-state index contributed by atoms with van der Waals surface area (Å²) in [4.78, 5) is 21.0. The molecule has 0 aliphatic carbocycles. The molecule has 1 aliphatic heterocycles. The van der Waals surface area contributed by atoms with Crippen LogP contribution in [-0.4, -0.2) is 60.5 Å². The Labute approximate surface area is 210 Å². The molecule has 1 fully saturated rings. The third kappa shape index (κ3) is 6.58. The van der Waals surface area contributed by atoms with Crippen LogP contribution >= 0.6 is 11.6 Å². The molecule has 8 heteroatoms. The van der Waals surface area contributed by atoms with Gasteiger partial charge >= 0.3 is 0 Å². The minimum absolute atomic E-state index is 0.0322. The molecule has 0 N–H and O–H groups in total. The van der Waals surface area contributed by atoms with Gasteiger partial charge in [-0.05, 0) is 47.5 Å². The van der Waals surface area contributed by atoms with Crippen LogP contribution in [0.4, 0.5) is 0 Å². The minimum atomic E-state index is -0.177. The highest BCUT2D eigenvalue weighted by atomic mass is 35.5. The summed E-state index contributed by atoms with van der Waals surface area (Å²) < 4.78 is 11.8. The topological polar surface area (TPSA) is 78.7 Å². The largest absolute Gasteiger partial charge is 0.497 e. The number of carbonyl (C=O) groups is 1. The highest BCUT2D eigenvalue weighted by Crippen LogP contribution is 2.25. The minimum Gasteiger partial charge on any atom is -0.497 e. The summed E-state index contributed by atoms with van der Waals surface area (Å²) in [7, 11) is 1.65. The molecule has 3 aromatic rings. The van der Waals surface area contributed by atoms with Gasteiger partial charge in [-0.15, -0.1) is 0 Å². The Morgan fingerprint density at radius 3 is 2.54 bits per heavy atom. The van der Waals surface area contributed by atoms with Crippen LogP contribution in [0.25, 0.3) is 0 Å². The molecule has 7 nitrogen and oxygen atoms in total. The van der Waals surface area contributed by atoms with Crippen LogP contribution in [0.5, 0.6) is 5.75 Å². The average molecular weight is 491 g/mol. The van der Waals surface area contributed by atoms with Crippen LogP contribution in [-0.2, 0) is 11.3 Å². The van der Waals surface area contributed by atoms with Crippen LogP contribution in [0.2, 0.25) is 5.15 Å². The molecule has 1 aromatic heterocycles. The van der Waals surface area contributed by atoms with E-state index in [1.54, 1.807) is 31.4 Å². The normalized spacial score (nSPS) is 14.8. The average Bonchev–Trinajstić information content (AvgIpc) is 2.91. The van der Waals surface area contributed by atoms with E-state index in [1.165, 1.54) is 6.20 Å². The van der Waals surface area contributed by atoms with Crippen LogP contribution in [0.1, 0.15) is 33.2 Å². The number of nitriles is 1. The van der Waals surface area contributed by atoms with Crippen LogP contribution in [0.15, 0.2) is 66.9 Å². The highest BCUT2D eigenvalue weighted by Gasteiger charge is 2.25. The number of hydrogen-bond acceptors (Lipinski definition) is 6. The van der Waals surface area contributed by atoms with E-state index < -0.39 is 0 Å². The Morgan fingerprint density at radius 2 is 1.89 bits per heavy atom. The van der Waals surface area contributed by atoms with Crippen molar-refractivity contribution in [1.29, 1.82) is 5.26 Å². The van der Waals surface area contributed by atoms with Gasteiger partial charge in [-0.25, -0.2) is 4.98 Å². The van der Waals surface area contributed by atoms with Crippen LogP contribution < -0.4 is 4.74 Å². The second-order valence-corrected chi connectivity index (χ2v) is 8.73. The lowest BCUT2D eigenvalue weighted by molar-refractivity contribution is 0.00333. The first-order chi connectivity index (χ1) is 17.1. The van der Waals surface area contributed by atoms with Crippen molar-refractivity contribution in [2.75, 3.05) is 39.8 Å². The first-order valence-electron chi connectivity index (χ1n) is 11.4. The molecular weight excluding hydrogens is 464 g/mol. The first kappa shape index (κ1) is 24.7. The molecule has 4 rings (SSSR count). The van der Waals surface area contributed by atoms with Crippen molar-refractivity contribution < 1.29 is 14.3 Å². The van der Waals surface area contributed by atoms with E-state index >= 15 is 0 Å². The SMILES string of the molecule is COc1cccc([C@H](CN2CCN(C(=O)c3ccc(Cl)nc3)CC2)OCc2ccc(C#N)cc2)c1.